The van der Waals surface area contributed by atoms with Crippen molar-refractivity contribution in [3.05, 3.63) is 35.9 Å². The lowest BCUT2D eigenvalue weighted by Gasteiger charge is -2.46. The number of likely N-dealkylation sites (tertiary alicyclic amines) is 1. The van der Waals surface area contributed by atoms with E-state index in [1.807, 2.05) is 19.9 Å². The number of rotatable bonds is 8. The van der Waals surface area contributed by atoms with Gasteiger partial charge in [-0.3, -0.25) is 19.4 Å². The van der Waals surface area contributed by atoms with Crippen LogP contribution in [-0.4, -0.2) is 83.3 Å². The number of nitrogens with one attached hydrogen (secondary N) is 1. The third-order valence-corrected chi connectivity index (χ3v) is 8.33. The summed E-state index contributed by atoms with van der Waals surface area (Å²) in [7, 11) is 0. The molecule has 0 aromatic heterocycles. The summed E-state index contributed by atoms with van der Waals surface area (Å²) in [6.45, 7) is 14.3. The molecule has 3 aliphatic rings. The van der Waals surface area contributed by atoms with E-state index in [0.717, 1.165) is 19.5 Å². The van der Waals surface area contributed by atoms with Crippen molar-refractivity contribution < 1.29 is 14.4 Å². The van der Waals surface area contributed by atoms with Crippen molar-refractivity contribution in [2.45, 2.75) is 77.8 Å². The van der Waals surface area contributed by atoms with Crippen molar-refractivity contribution in [2.75, 3.05) is 39.3 Å². The van der Waals surface area contributed by atoms with Crippen molar-refractivity contribution in [1.82, 2.24) is 20.0 Å². The summed E-state index contributed by atoms with van der Waals surface area (Å²) < 4.78 is 0. The second-order valence-corrected chi connectivity index (χ2v) is 12.0. The van der Waals surface area contributed by atoms with Crippen LogP contribution in [0.5, 0.6) is 0 Å². The summed E-state index contributed by atoms with van der Waals surface area (Å²) in [5.74, 6) is 0.703. The Morgan fingerprint density at radius 3 is 2.33 bits per heavy atom. The van der Waals surface area contributed by atoms with Gasteiger partial charge in [-0.2, -0.15) is 0 Å². The smallest absolute Gasteiger partial charge is 0.316 e. The second-order valence-electron chi connectivity index (χ2n) is 12.0. The van der Waals surface area contributed by atoms with Crippen molar-refractivity contribution in [3.8, 4) is 0 Å². The van der Waals surface area contributed by atoms with Crippen molar-refractivity contribution >= 4 is 17.7 Å². The Kier molecular flexibility index (Phi) is 7.91. The fraction of sp³-hybridized carbons (Fsp3) is 0.690. The first-order valence-electron chi connectivity index (χ1n) is 13.8. The SMILES string of the molecule is CCCN1C(=O)N(CC)C2(CCN(C(C(=O)CC(C)(C)C)[C@@H]3CNC[C@@H]3c3ccccc3)CC2)C1=O. The molecule has 1 N–H and O–H groups in total. The van der Waals surface area contributed by atoms with E-state index in [2.05, 4.69) is 55.3 Å². The zero-order valence-corrected chi connectivity index (χ0v) is 22.8. The molecule has 1 aromatic carbocycles. The number of imide groups is 1. The van der Waals surface area contributed by atoms with E-state index >= 15 is 0 Å². The maximum Gasteiger partial charge on any atom is 0.327 e. The van der Waals surface area contributed by atoms with Crippen molar-refractivity contribution in [1.29, 1.82) is 0 Å². The van der Waals surface area contributed by atoms with Crippen LogP contribution in [0.4, 0.5) is 4.79 Å². The lowest BCUT2D eigenvalue weighted by molar-refractivity contribution is -0.137. The van der Waals surface area contributed by atoms with Crippen LogP contribution in [0.2, 0.25) is 0 Å². The Morgan fingerprint density at radius 2 is 1.75 bits per heavy atom. The molecule has 1 spiro atoms. The average Bonchev–Trinajstić information content (AvgIpc) is 3.38. The summed E-state index contributed by atoms with van der Waals surface area (Å²) in [6.07, 6.45) is 2.46. The Morgan fingerprint density at radius 1 is 1.08 bits per heavy atom. The normalized spacial score (nSPS) is 25.7. The maximum absolute atomic E-state index is 13.9. The van der Waals surface area contributed by atoms with Crippen molar-refractivity contribution in [2.24, 2.45) is 11.3 Å². The van der Waals surface area contributed by atoms with Gasteiger partial charge in [0.15, 0.2) is 5.78 Å². The van der Waals surface area contributed by atoms with E-state index in [-0.39, 0.29) is 35.2 Å². The van der Waals surface area contributed by atoms with Gasteiger partial charge in [-0.25, -0.2) is 4.79 Å². The van der Waals surface area contributed by atoms with Gasteiger partial charge in [0.1, 0.15) is 5.54 Å². The molecule has 3 saturated heterocycles. The fourth-order valence-corrected chi connectivity index (χ4v) is 6.73. The highest BCUT2D eigenvalue weighted by molar-refractivity contribution is 6.07. The van der Waals surface area contributed by atoms with Gasteiger partial charge < -0.3 is 10.2 Å². The molecule has 198 valence electrons. The number of ketones is 1. The molecule has 0 aliphatic carbocycles. The lowest BCUT2D eigenvalue weighted by atomic mass is 9.76. The summed E-state index contributed by atoms with van der Waals surface area (Å²) in [5, 5.41) is 3.56. The summed E-state index contributed by atoms with van der Waals surface area (Å²) in [5.41, 5.74) is 0.425. The van der Waals surface area contributed by atoms with E-state index in [1.165, 1.54) is 10.5 Å². The molecule has 7 nitrogen and oxygen atoms in total. The van der Waals surface area contributed by atoms with Crippen molar-refractivity contribution in [3.63, 3.8) is 0 Å². The van der Waals surface area contributed by atoms with E-state index in [1.54, 1.807) is 4.90 Å². The lowest BCUT2D eigenvalue weighted by Crippen LogP contribution is -2.60. The van der Waals surface area contributed by atoms with Gasteiger partial charge in [0, 0.05) is 57.5 Å². The minimum absolute atomic E-state index is 0.0434. The van der Waals surface area contributed by atoms with Gasteiger partial charge in [-0.15, -0.1) is 0 Å². The topological polar surface area (TPSA) is 73.0 Å². The summed E-state index contributed by atoms with van der Waals surface area (Å²) in [6, 6.07) is 10.2. The quantitative estimate of drug-likeness (QED) is 0.553. The van der Waals surface area contributed by atoms with Crippen LogP contribution in [0, 0.1) is 11.3 Å². The zero-order valence-electron chi connectivity index (χ0n) is 22.8. The Bertz CT molecular complexity index is 949. The predicted molar refractivity (Wildman–Crippen MR) is 142 cm³/mol. The highest BCUT2D eigenvalue weighted by Gasteiger charge is 2.58. The minimum Gasteiger partial charge on any atom is -0.316 e. The van der Waals surface area contributed by atoms with Crippen LogP contribution in [0.1, 0.15) is 71.8 Å². The molecule has 3 fully saturated rings. The van der Waals surface area contributed by atoms with Crippen LogP contribution < -0.4 is 5.32 Å². The molecule has 1 unspecified atom stereocenters. The number of nitrogens with zero attached hydrogens (tertiary/aromatic N) is 3. The number of likely N-dealkylation sites (N-methyl/N-ethyl adjacent to an activating group) is 1. The van der Waals surface area contributed by atoms with Crippen LogP contribution in [0.3, 0.4) is 0 Å². The molecule has 3 aliphatic heterocycles. The Balaban J connectivity index is 1.60. The molecule has 3 heterocycles. The number of hydrogen-bond donors (Lipinski definition) is 1. The number of amides is 3. The third kappa shape index (κ3) is 4.97. The second kappa shape index (κ2) is 10.6. The Labute approximate surface area is 216 Å². The molecule has 7 heteroatoms. The molecule has 36 heavy (non-hydrogen) atoms. The fourth-order valence-electron chi connectivity index (χ4n) is 6.73. The molecule has 3 atom stereocenters. The molecule has 4 rings (SSSR count). The average molecular weight is 497 g/mol. The molecular formula is C29H44N4O3. The summed E-state index contributed by atoms with van der Waals surface area (Å²) >= 11 is 0. The van der Waals surface area contributed by atoms with E-state index in [4.69, 9.17) is 0 Å². The van der Waals surface area contributed by atoms with Gasteiger partial charge in [-0.1, -0.05) is 58.0 Å². The van der Waals surface area contributed by atoms with Crippen LogP contribution >= 0.6 is 0 Å². The van der Waals surface area contributed by atoms with Gasteiger partial charge >= 0.3 is 6.03 Å². The largest absolute Gasteiger partial charge is 0.327 e. The molecule has 0 radical (unpaired) electrons. The first-order valence-corrected chi connectivity index (χ1v) is 13.8. The molecular weight excluding hydrogens is 452 g/mol. The maximum atomic E-state index is 13.9. The number of benzene rings is 1. The van der Waals surface area contributed by atoms with Gasteiger partial charge in [0.25, 0.3) is 5.91 Å². The van der Waals surface area contributed by atoms with Crippen LogP contribution in [0.15, 0.2) is 30.3 Å². The van der Waals surface area contributed by atoms with Crippen LogP contribution in [0.25, 0.3) is 0 Å². The number of carbonyl (C=O) groups excluding carboxylic acids is 3. The first kappa shape index (κ1) is 26.8. The zero-order chi connectivity index (χ0) is 26.1. The number of piperidine rings is 1. The van der Waals surface area contributed by atoms with Gasteiger partial charge in [0.05, 0.1) is 6.04 Å². The molecule has 0 bridgehead atoms. The molecule has 1 aromatic rings. The minimum atomic E-state index is -0.762. The highest BCUT2D eigenvalue weighted by Crippen LogP contribution is 2.41. The molecule has 0 saturated carbocycles. The van der Waals surface area contributed by atoms with E-state index < -0.39 is 5.54 Å². The summed E-state index contributed by atoms with van der Waals surface area (Å²) in [4.78, 5) is 46.0. The molecule has 3 amide bonds. The number of Topliss-reactive ketones (excluding diaryl/α,β-unsaturated/α-hetero) is 1. The van der Waals surface area contributed by atoms with Gasteiger partial charge in [-0.05, 0) is 37.2 Å². The first-order chi connectivity index (χ1) is 17.1. The highest BCUT2D eigenvalue weighted by atomic mass is 16.2. The van der Waals surface area contributed by atoms with Crippen LogP contribution in [-0.2, 0) is 9.59 Å². The third-order valence-electron chi connectivity index (χ3n) is 8.33. The predicted octanol–water partition coefficient (Wildman–Crippen LogP) is 3.89. The van der Waals surface area contributed by atoms with E-state index in [0.29, 0.717) is 51.2 Å². The number of urea groups is 1. The number of carbonyl (C=O) groups is 3. The Hall–Kier alpha value is -2.25. The standard InChI is InChI=1S/C29H44N4O3/c1-6-15-32-26(35)29(33(7-2)27(32)36)13-16-31(17-14-29)25(24(34)18-28(3,4)5)23-20-30-19-22(23)21-11-9-8-10-12-21/h8-12,22-23,25,30H,6-7,13-20H2,1-5H3/t22-,23-,25?/m1/s1. The monoisotopic (exact) mass is 496 g/mol. The van der Waals surface area contributed by atoms with Gasteiger partial charge in [0.2, 0.25) is 0 Å². The number of hydrogen-bond acceptors (Lipinski definition) is 5. The van der Waals surface area contributed by atoms with E-state index in [9.17, 15) is 14.4 Å².